The van der Waals surface area contributed by atoms with Crippen LogP contribution in [0.1, 0.15) is 44.4 Å². The molecule has 130 valence electrons. The molecule has 6 heteroatoms. The number of hydrogen-bond donors (Lipinski definition) is 0. The highest BCUT2D eigenvalue weighted by molar-refractivity contribution is 5.51. The minimum Gasteiger partial charge on any atom is -0.497 e. The van der Waals surface area contributed by atoms with Gasteiger partial charge in [-0.05, 0) is 19.1 Å². The van der Waals surface area contributed by atoms with E-state index in [0.29, 0.717) is 11.8 Å². The average Bonchev–Trinajstić information content (AvgIpc) is 3.12. The Hall–Kier alpha value is -2.08. The lowest BCUT2D eigenvalue weighted by atomic mass is 10.2. The van der Waals surface area contributed by atoms with Crippen LogP contribution in [0.15, 0.2) is 28.8 Å². The topological polar surface area (TPSA) is 54.6 Å². The van der Waals surface area contributed by atoms with E-state index in [2.05, 4.69) is 52.8 Å². The monoisotopic (exact) mass is 330 g/mol. The molecular weight excluding hydrogens is 304 g/mol. The van der Waals surface area contributed by atoms with Gasteiger partial charge in [0.1, 0.15) is 5.75 Å². The lowest BCUT2D eigenvalue weighted by Crippen LogP contribution is -2.47. The third-order valence-electron chi connectivity index (χ3n) is 4.61. The molecule has 1 saturated heterocycles. The number of anilines is 1. The Kier molecular flexibility index (Phi) is 5.04. The summed E-state index contributed by atoms with van der Waals surface area (Å²) < 4.78 is 10.8. The van der Waals surface area contributed by atoms with Gasteiger partial charge >= 0.3 is 0 Å². The zero-order chi connectivity index (χ0) is 17.1. The molecule has 1 atom stereocenters. The molecule has 2 aromatic rings. The van der Waals surface area contributed by atoms with Gasteiger partial charge in [0, 0.05) is 43.9 Å². The minimum absolute atomic E-state index is 0.150. The van der Waals surface area contributed by atoms with Gasteiger partial charge in [0.05, 0.1) is 13.2 Å². The Labute approximate surface area is 143 Å². The van der Waals surface area contributed by atoms with Crippen LogP contribution in [0, 0.1) is 0 Å². The lowest BCUT2D eigenvalue weighted by molar-refractivity contribution is 0.164. The van der Waals surface area contributed by atoms with Crippen LogP contribution < -0.4 is 9.64 Å². The van der Waals surface area contributed by atoms with E-state index in [1.54, 1.807) is 7.11 Å². The summed E-state index contributed by atoms with van der Waals surface area (Å²) in [5.74, 6) is 2.69. The Morgan fingerprint density at radius 2 is 1.88 bits per heavy atom. The van der Waals surface area contributed by atoms with Gasteiger partial charge in [-0.1, -0.05) is 25.1 Å². The second-order valence-corrected chi connectivity index (χ2v) is 6.55. The first-order valence-corrected chi connectivity index (χ1v) is 8.55. The van der Waals surface area contributed by atoms with Crippen molar-refractivity contribution in [1.82, 2.24) is 15.0 Å². The molecule has 3 rings (SSSR count). The quantitative estimate of drug-likeness (QED) is 0.840. The molecule has 0 spiro atoms. The molecule has 2 heterocycles. The van der Waals surface area contributed by atoms with E-state index in [0.717, 1.165) is 37.8 Å². The number of hydrogen-bond acceptors (Lipinski definition) is 6. The summed E-state index contributed by atoms with van der Waals surface area (Å²) in [6, 6.07) is 8.39. The van der Waals surface area contributed by atoms with E-state index in [9.17, 15) is 0 Å². The van der Waals surface area contributed by atoms with Gasteiger partial charge in [-0.2, -0.15) is 4.98 Å². The van der Waals surface area contributed by atoms with Gasteiger partial charge < -0.3 is 14.2 Å². The third-order valence-corrected chi connectivity index (χ3v) is 4.61. The molecule has 0 bridgehead atoms. The molecule has 1 fully saturated rings. The highest BCUT2D eigenvalue weighted by Gasteiger charge is 2.26. The van der Waals surface area contributed by atoms with Crippen LogP contribution in [-0.2, 0) is 0 Å². The van der Waals surface area contributed by atoms with Gasteiger partial charge in [0.15, 0.2) is 5.82 Å². The van der Waals surface area contributed by atoms with E-state index in [4.69, 9.17) is 9.26 Å². The molecule has 0 radical (unpaired) electrons. The molecule has 0 N–H and O–H groups in total. The Bertz CT molecular complexity index is 663. The molecule has 1 aliphatic rings. The SMILES string of the molecule is COc1cccc(N2CCN([C@@H](C)c3nc(C(C)C)no3)CC2)c1. The maximum Gasteiger partial charge on any atom is 0.243 e. The second kappa shape index (κ2) is 7.21. The van der Waals surface area contributed by atoms with E-state index >= 15 is 0 Å². The molecule has 1 aliphatic heterocycles. The highest BCUT2D eigenvalue weighted by atomic mass is 16.5. The molecule has 0 aliphatic carbocycles. The van der Waals surface area contributed by atoms with Gasteiger partial charge in [-0.3, -0.25) is 4.90 Å². The van der Waals surface area contributed by atoms with E-state index in [1.165, 1.54) is 5.69 Å². The Morgan fingerprint density at radius 3 is 2.50 bits per heavy atom. The zero-order valence-corrected chi connectivity index (χ0v) is 14.9. The maximum atomic E-state index is 5.45. The molecule has 1 aromatic heterocycles. The van der Waals surface area contributed by atoms with Crippen LogP contribution in [0.4, 0.5) is 5.69 Å². The van der Waals surface area contributed by atoms with Gasteiger partial charge in [0.2, 0.25) is 5.89 Å². The van der Waals surface area contributed by atoms with Crippen molar-refractivity contribution in [2.45, 2.75) is 32.7 Å². The van der Waals surface area contributed by atoms with Crippen molar-refractivity contribution in [3.05, 3.63) is 36.0 Å². The number of aromatic nitrogens is 2. The minimum atomic E-state index is 0.150. The second-order valence-electron chi connectivity index (χ2n) is 6.55. The number of benzene rings is 1. The number of nitrogens with zero attached hydrogens (tertiary/aromatic N) is 4. The summed E-state index contributed by atoms with van der Waals surface area (Å²) >= 11 is 0. The molecule has 24 heavy (non-hydrogen) atoms. The molecule has 1 aromatic carbocycles. The average molecular weight is 330 g/mol. The highest BCUT2D eigenvalue weighted by Crippen LogP contribution is 2.25. The van der Waals surface area contributed by atoms with Crippen molar-refractivity contribution >= 4 is 5.69 Å². The summed E-state index contributed by atoms with van der Waals surface area (Å²) in [4.78, 5) is 9.32. The van der Waals surface area contributed by atoms with E-state index in [-0.39, 0.29) is 6.04 Å². The standard InChI is InChI=1S/C18H26N4O2/c1-13(2)17-19-18(24-20-17)14(3)21-8-10-22(11-9-21)15-6-5-7-16(12-15)23-4/h5-7,12-14H,8-11H2,1-4H3/t14-/m0/s1. The smallest absolute Gasteiger partial charge is 0.243 e. The van der Waals surface area contributed by atoms with Crippen molar-refractivity contribution in [2.24, 2.45) is 0 Å². The number of piperazine rings is 1. The molecular formula is C18H26N4O2. The first-order chi connectivity index (χ1) is 11.6. The fraction of sp³-hybridized carbons (Fsp3) is 0.556. The van der Waals surface area contributed by atoms with Crippen molar-refractivity contribution in [3.8, 4) is 5.75 Å². The molecule has 6 nitrogen and oxygen atoms in total. The Morgan fingerprint density at radius 1 is 1.12 bits per heavy atom. The molecule has 0 unspecified atom stereocenters. The predicted octanol–water partition coefficient (Wildman–Crippen LogP) is 3.08. The normalized spacial score (nSPS) is 17.3. The van der Waals surface area contributed by atoms with Crippen molar-refractivity contribution in [1.29, 1.82) is 0 Å². The third kappa shape index (κ3) is 3.53. The molecule has 0 saturated carbocycles. The van der Waals surface area contributed by atoms with Crippen LogP contribution in [0.5, 0.6) is 5.75 Å². The van der Waals surface area contributed by atoms with Crippen LogP contribution in [0.3, 0.4) is 0 Å². The van der Waals surface area contributed by atoms with E-state index in [1.807, 2.05) is 12.1 Å². The van der Waals surface area contributed by atoms with E-state index < -0.39 is 0 Å². The summed E-state index contributed by atoms with van der Waals surface area (Å²) in [5.41, 5.74) is 1.21. The first kappa shape index (κ1) is 16.8. The summed E-state index contributed by atoms with van der Waals surface area (Å²) in [6.45, 7) is 10.2. The zero-order valence-electron chi connectivity index (χ0n) is 14.9. The summed E-state index contributed by atoms with van der Waals surface area (Å²) in [6.07, 6.45) is 0. The van der Waals surface area contributed by atoms with Gasteiger partial charge in [-0.15, -0.1) is 0 Å². The lowest BCUT2D eigenvalue weighted by Gasteiger charge is -2.38. The first-order valence-electron chi connectivity index (χ1n) is 8.55. The number of rotatable bonds is 5. The largest absolute Gasteiger partial charge is 0.497 e. The van der Waals surface area contributed by atoms with Crippen molar-refractivity contribution in [3.63, 3.8) is 0 Å². The maximum absolute atomic E-state index is 5.45. The Balaban J connectivity index is 1.61. The fourth-order valence-electron chi connectivity index (χ4n) is 2.98. The fourth-order valence-corrected chi connectivity index (χ4v) is 2.98. The van der Waals surface area contributed by atoms with Crippen LogP contribution in [0.2, 0.25) is 0 Å². The van der Waals surface area contributed by atoms with Gasteiger partial charge in [0.25, 0.3) is 0 Å². The van der Waals surface area contributed by atoms with Crippen molar-refractivity contribution < 1.29 is 9.26 Å². The predicted molar refractivity (Wildman–Crippen MR) is 93.6 cm³/mol. The number of methoxy groups -OCH3 is 1. The summed E-state index contributed by atoms with van der Waals surface area (Å²) in [5, 5.41) is 4.08. The summed E-state index contributed by atoms with van der Waals surface area (Å²) in [7, 11) is 1.70. The number of ether oxygens (including phenoxy) is 1. The van der Waals surface area contributed by atoms with Crippen LogP contribution in [0.25, 0.3) is 0 Å². The molecule has 0 amide bonds. The van der Waals surface area contributed by atoms with Gasteiger partial charge in [-0.25, -0.2) is 0 Å². The van der Waals surface area contributed by atoms with Crippen molar-refractivity contribution in [2.75, 3.05) is 38.2 Å². The van der Waals surface area contributed by atoms with Crippen LogP contribution in [-0.4, -0.2) is 48.3 Å². The van der Waals surface area contributed by atoms with Crippen LogP contribution >= 0.6 is 0 Å².